The van der Waals surface area contributed by atoms with Crippen LogP contribution in [-0.4, -0.2) is 91.8 Å². The van der Waals surface area contributed by atoms with Crippen molar-refractivity contribution in [2.75, 3.05) is 59.5 Å². The van der Waals surface area contributed by atoms with E-state index in [0.717, 1.165) is 64.2 Å². The van der Waals surface area contributed by atoms with Crippen LogP contribution in [0.15, 0.2) is 18.2 Å². The summed E-state index contributed by atoms with van der Waals surface area (Å²) in [5.74, 6) is 1.34. The standard InChI is InChI=1S/C22H39N3O4/c1-4-24(5-2)16-20(27)17-29-22-14-18(6-7-21(22)28-3)15-23-10-13-25-11-8-19(26)9-12-25/h6-7,14,19-20,23,26-27H,4-5,8-13,15-17H2,1-3H3. The Hall–Kier alpha value is -1.38. The van der Waals surface area contributed by atoms with Crippen LogP contribution in [-0.2, 0) is 6.54 Å². The molecule has 1 unspecified atom stereocenters. The number of aliphatic hydroxyl groups excluding tert-OH is 2. The van der Waals surface area contributed by atoms with Gasteiger partial charge in [-0.05, 0) is 43.6 Å². The predicted molar refractivity (Wildman–Crippen MR) is 116 cm³/mol. The van der Waals surface area contributed by atoms with Gasteiger partial charge in [-0.1, -0.05) is 19.9 Å². The third-order valence-corrected chi connectivity index (χ3v) is 5.51. The number of hydrogen-bond acceptors (Lipinski definition) is 7. The van der Waals surface area contributed by atoms with Crippen molar-refractivity contribution in [2.24, 2.45) is 0 Å². The normalized spacial score (nSPS) is 16.9. The molecule has 7 nitrogen and oxygen atoms in total. The van der Waals surface area contributed by atoms with Gasteiger partial charge in [0, 0.05) is 39.3 Å². The van der Waals surface area contributed by atoms with Crippen LogP contribution in [0.4, 0.5) is 0 Å². The zero-order valence-electron chi connectivity index (χ0n) is 18.3. The summed E-state index contributed by atoms with van der Waals surface area (Å²) in [5.41, 5.74) is 1.12. The van der Waals surface area contributed by atoms with Gasteiger partial charge < -0.3 is 34.8 Å². The molecule has 3 N–H and O–H groups in total. The summed E-state index contributed by atoms with van der Waals surface area (Å²) >= 11 is 0. The van der Waals surface area contributed by atoms with Gasteiger partial charge in [0.05, 0.1) is 13.2 Å². The Labute approximate surface area is 175 Å². The van der Waals surface area contributed by atoms with Crippen molar-refractivity contribution in [3.05, 3.63) is 23.8 Å². The quantitative estimate of drug-likeness (QED) is 0.424. The molecule has 1 aromatic rings. The minimum Gasteiger partial charge on any atom is -0.493 e. The van der Waals surface area contributed by atoms with E-state index in [1.165, 1.54) is 0 Å². The number of nitrogens with one attached hydrogen (secondary N) is 1. The van der Waals surface area contributed by atoms with Crippen LogP contribution in [0, 0.1) is 0 Å². The van der Waals surface area contributed by atoms with Crippen LogP contribution in [0.1, 0.15) is 32.3 Å². The average molecular weight is 410 g/mol. The first-order valence-electron chi connectivity index (χ1n) is 10.9. The van der Waals surface area contributed by atoms with Crippen molar-refractivity contribution in [1.29, 1.82) is 0 Å². The van der Waals surface area contributed by atoms with Crippen LogP contribution >= 0.6 is 0 Å². The van der Waals surface area contributed by atoms with Gasteiger partial charge in [0.15, 0.2) is 11.5 Å². The molecule has 1 saturated heterocycles. The number of hydrogen-bond donors (Lipinski definition) is 3. The number of likely N-dealkylation sites (tertiary alicyclic amines) is 1. The molecule has 0 aromatic heterocycles. The minimum atomic E-state index is -0.538. The Morgan fingerprint density at radius 1 is 1.21 bits per heavy atom. The number of nitrogens with zero attached hydrogens (tertiary/aromatic N) is 2. The molecule has 0 bridgehead atoms. The van der Waals surface area contributed by atoms with E-state index >= 15 is 0 Å². The van der Waals surface area contributed by atoms with E-state index in [9.17, 15) is 10.2 Å². The molecule has 1 fully saturated rings. The Morgan fingerprint density at radius 2 is 1.93 bits per heavy atom. The van der Waals surface area contributed by atoms with E-state index in [0.29, 0.717) is 18.0 Å². The lowest BCUT2D eigenvalue weighted by Crippen LogP contribution is -2.39. The second-order valence-corrected chi connectivity index (χ2v) is 7.69. The molecule has 166 valence electrons. The fraction of sp³-hybridized carbons (Fsp3) is 0.727. The SMILES string of the molecule is CCN(CC)CC(O)COc1cc(CNCCN2CCC(O)CC2)ccc1OC. The highest BCUT2D eigenvalue weighted by Crippen LogP contribution is 2.28. The zero-order chi connectivity index (χ0) is 21.1. The summed E-state index contributed by atoms with van der Waals surface area (Å²) in [6.07, 6.45) is 1.09. The van der Waals surface area contributed by atoms with Crippen molar-refractivity contribution in [3.8, 4) is 11.5 Å². The van der Waals surface area contributed by atoms with Gasteiger partial charge in [-0.25, -0.2) is 0 Å². The Balaban J connectivity index is 1.78. The van der Waals surface area contributed by atoms with E-state index in [1.54, 1.807) is 7.11 Å². The molecule has 0 saturated carbocycles. The number of piperidine rings is 1. The molecule has 1 aliphatic heterocycles. The molecule has 7 heteroatoms. The van der Waals surface area contributed by atoms with Crippen LogP contribution in [0.5, 0.6) is 11.5 Å². The van der Waals surface area contributed by atoms with Gasteiger partial charge in [0.25, 0.3) is 0 Å². The van der Waals surface area contributed by atoms with E-state index < -0.39 is 6.10 Å². The van der Waals surface area contributed by atoms with Crippen LogP contribution in [0.3, 0.4) is 0 Å². The lowest BCUT2D eigenvalue weighted by atomic mass is 10.1. The summed E-state index contributed by atoms with van der Waals surface area (Å²) in [7, 11) is 1.63. The largest absolute Gasteiger partial charge is 0.493 e. The Kier molecular flexibility index (Phi) is 10.7. The first-order chi connectivity index (χ1) is 14.0. The third-order valence-electron chi connectivity index (χ3n) is 5.51. The summed E-state index contributed by atoms with van der Waals surface area (Å²) in [6.45, 7) is 11.4. The summed E-state index contributed by atoms with van der Waals surface area (Å²) < 4.78 is 11.3. The lowest BCUT2D eigenvalue weighted by Gasteiger charge is -2.29. The number of likely N-dealkylation sites (N-methyl/N-ethyl adjacent to an activating group) is 1. The fourth-order valence-corrected chi connectivity index (χ4v) is 3.58. The maximum atomic E-state index is 10.2. The highest BCUT2D eigenvalue weighted by Gasteiger charge is 2.16. The molecular formula is C22H39N3O4. The Morgan fingerprint density at radius 3 is 2.59 bits per heavy atom. The second-order valence-electron chi connectivity index (χ2n) is 7.69. The number of benzene rings is 1. The number of methoxy groups -OCH3 is 1. The minimum absolute atomic E-state index is 0.123. The van der Waals surface area contributed by atoms with Gasteiger partial charge in [0.1, 0.15) is 12.7 Å². The number of rotatable bonds is 13. The van der Waals surface area contributed by atoms with E-state index in [1.807, 2.05) is 18.2 Å². The van der Waals surface area contributed by atoms with Crippen molar-refractivity contribution < 1.29 is 19.7 Å². The summed E-state index contributed by atoms with van der Waals surface area (Å²) in [6, 6.07) is 5.92. The molecule has 1 aliphatic rings. The maximum absolute atomic E-state index is 10.2. The summed E-state index contributed by atoms with van der Waals surface area (Å²) in [5, 5.41) is 23.3. The smallest absolute Gasteiger partial charge is 0.161 e. The highest BCUT2D eigenvalue weighted by molar-refractivity contribution is 5.43. The lowest BCUT2D eigenvalue weighted by molar-refractivity contribution is 0.0705. The highest BCUT2D eigenvalue weighted by atomic mass is 16.5. The van der Waals surface area contributed by atoms with Crippen molar-refractivity contribution in [2.45, 2.75) is 45.4 Å². The van der Waals surface area contributed by atoms with Gasteiger partial charge in [-0.15, -0.1) is 0 Å². The van der Waals surface area contributed by atoms with Crippen molar-refractivity contribution in [1.82, 2.24) is 15.1 Å². The first-order valence-corrected chi connectivity index (χ1v) is 10.9. The van der Waals surface area contributed by atoms with Gasteiger partial charge in [0.2, 0.25) is 0 Å². The third kappa shape index (κ3) is 8.48. The van der Waals surface area contributed by atoms with Crippen LogP contribution < -0.4 is 14.8 Å². The molecule has 0 radical (unpaired) electrons. The fourth-order valence-electron chi connectivity index (χ4n) is 3.58. The van der Waals surface area contributed by atoms with Gasteiger partial charge in [-0.2, -0.15) is 0 Å². The monoisotopic (exact) mass is 409 g/mol. The molecule has 1 heterocycles. The second kappa shape index (κ2) is 13.0. The number of ether oxygens (including phenoxy) is 2. The maximum Gasteiger partial charge on any atom is 0.161 e. The summed E-state index contributed by atoms with van der Waals surface area (Å²) in [4.78, 5) is 4.56. The molecular weight excluding hydrogens is 370 g/mol. The molecule has 0 aliphatic carbocycles. The molecule has 1 atom stereocenters. The van der Waals surface area contributed by atoms with E-state index in [2.05, 4.69) is 29.0 Å². The molecule has 2 rings (SSSR count). The molecule has 0 spiro atoms. The van der Waals surface area contributed by atoms with E-state index in [-0.39, 0.29) is 12.7 Å². The molecule has 1 aromatic carbocycles. The molecule has 0 amide bonds. The van der Waals surface area contributed by atoms with Crippen molar-refractivity contribution in [3.63, 3.8) is 0 Å². The van der Waals surface area contributed by atoms with Crippen molar-refractivity contribution >= 4 is 0 Å². The average Bonchev–Trinajstić information content (AvgIpc) is 2.74. The zero-order valence-corrected chi connectivity index (χ0v) is 18.3. The first kappa shape index (κ1) is 23.9. The Bertz CT molecular complexity index is 575. The van der Waals surface area contributed by atoms with Gasteiger partial charge >= 0.3 is 0 Å². The predicted octanol–water partition coefficient (Wildman–Crippen LogP) is 1.32. The van der Waals surface area contributed by atoms with E-state index in [4.69, 9.17) is 9.47 Å². The molecule has 29 heavy (non-hydrogen) atoms. The number of aliphatic hydroxyl groups is 2. The topological polar surface area (TPSA) is 77.4 Å². The van der Waals surface area contributed by atoms with Crippen LogP contribution in [0.2, 0.25) is 0 Å². The van der Waals surface area contributed by atoms with Gasteiger partial charge in [-0.3, -0.25) is 0 Å². The van der Waals surface area contributed by atoms with Crippen LogP contribution in [0.25, 0.3) is 0 Å².